The van der Waals surface area contributed by atoms with Crippen LogP contribution in [-0.2, 0) is 0 Å². The molecular formula is C21H22N6O3. The number of carbonyl (C=O) groups is 1. The first-order valence-corrected chi connectivity index (χ1v) is 9.54. The molecule has 0 radical (unpaired) electrons. The molecule has 1 aliphatic heterocycles. The van der Waals surface area contributed by atoms with Crippen molar-refractivity contribution in [2.24, 2.45) is 0 Å². The molecule has 3 aromatic rings. The second kappa shape index (κ2) is 8.64. The molecule has 1 aliphatic rings. The van der Waals surface area contributed by atoms with Crippen LogP contribution in [0.25, 0.3) is 0 Å². The van der Waals surface area contributed by atoms with Gasteiger partial charge in [0, 0.05) is 30.9 Å². The minimum atomic E-state index is -0.179. The van der Waals surface area contributed by atoms with Crippen LogP contribution in [0.3, 0.4) is 0 Å². The van der Waals surface area contributed by atoms with E-state index < -0.39 is 0 Å². The Hall–Kier alpha value is -3.88. The largest absolute Gasteiger partial charge is 0.454 e. The smallest absolute Gasteiger partial charge is 0.251 e. The Labute approximate surface area is 173 Å². The highest BCUT2D eigenvalue weighted by molar-refractivity contribution is 5.94. The van der Waals surface area contributed by atoms with Crippen molar-refractivity contribution >= 4 is 23.4 Å². The number of anilines is 3. The monoisotopic (exact) mass is 406 g/mol. The van der Waals surface area contributed by atoms with E-state index in [9.17, 15) is 4.79 Å². The van der Waals surface area contributed by atoms with Crippen LogP contribution in [0.2, 0.25) is 0 Å². The van der Waals surface area contributed by atoms with Crippen LogP contribution in [0, 0.1) is 13.8 Å². The fourth-order valence-corrected chi connectivity index (χ4v) is 2.96. The van der Waals surface area contributed by atoms with E-state index in [0.717, 1.165) is 11.4 Å². The number of hydrogen-bond donors (Lipinski definition) is 3. The number of aryl methyl sites for hydroxylation is 2. The molecule has 3 N–H and O–H groups in total. The summed E-state index contributed by atoms with van der Waals surface area (Å²) >= 11 is 0. The van der Waals surface area contributed by atoms with Crippen LogP contribution in [0.1, 0.15) is 21.7 Å². The Kier molecular flexibility index (Phi) is 5.60. The fraction of sp³-hybridized carbons (Fsp3) is 0.238. The maximum Gasteiger partial charge on any atom is 0.251 e. The summed E-state index contributed by atoms with van der Waals surface area (Å²) in [5.41, 5.74) is 1.63. The highest BCUT2D eigenvalue weighted by Gasteiger charge is 2.15. The zero-order chi connectivity index (χ0) is 20.9. The van der Waals surface area contributed by atoms with E-state index in [2.05, 4.69) is 30.9 Å². The minimum Gasteiger partial charge on any atom is -0.454 e. The summed E-state index contributed by atoms with van der Waals surface area (Å²) in [4.78, 5) is 25.4. The van der Waals surface area contributed by atoms with E-state index in [0.29, 0.717) is 47.6 Å². The van der Waals surface area contributed by atoms with Crippen LogP contribution < -0.4 is 25.4 Å². The van der Waals surface area contributed by atoms with Crippen molar-refractivity contribution in [2.75, 3.05) is 30.5 Å². The third-order valence-corrected chi connectivity index (χ3v) is 4.36. The molecule has 1 amide bonds. The van der Waals surface area contributed by atoms with E-state index >= 15 is 0 Å². The number of pyridine rings is 1. The highest BCUT2D eigenvalue weighted by atomic mass is 16.7. The quantitative estimate of drug-likeness (QED) is 0.514. The van der Waals surface area contributed by atoms with Gasteiger partial charge in [-0.25, -0.2) is 15.0 Å². The van der Waals surface area contributed by atoms with Gasteiger partial charge in [-0.15, -0.1) is 0 Å². The number of ether oxygens (including phenoxy) is 2. The molecule has 0 fully saturated rings. The fourth-order valence-electron chi connectivity index (χ4n) is 2.96. The number of benzene rings is 1. The molecule has 9 nitrogen and oxygen atoms in total. The first-order valence-electron chi connectivity index (χ1n) is 9.54. The molecule has 0 aliphatic carbocycles. The molecule has 0 saturated heterocycles. The number of nitrogens with one attached hydrogen (secondary N) is 3. The first-order chi connectivity index (χ1) is 14.6. The Morgan fingerprint density at radius 2 is 1.80 bits per heavy atom. The maximum absolute atomic E-state index is 12.3. The predicted octanol–water partition coefficient (Wildman–Crippen LogP) is 2.80. The topological polar surface area (TPSA) is 110 Å². The number of carbonyl (C=O) groups excluding carboxylic acids is 1. The number of hydrogen-bond acceptors (Lipinski definition) is 8. The lowest BCUT2D eigenvalue weighted by atomic mass is 10.2. The zero-order valence-corrected chi connectivity index (χ0v) is 16.7. The molecule has 154 valence electrons. The summed E-state index contributed by atoms with van der Waals surface area (Å²) in [6.07, 6.45) is 1.74. The summed E-state index contributed by atoms with van der Waals surface area (Å²) in [7, 11) is 0. The number of amides is 1. The number of fused-ring (bicyclic) bond motifs is 1. The zero-order valence-electron chi connectivity index (χ0n) is 16.7. The van der Waals surface area contributed by atoms with Crippen molar-refractivity contribution in [3.63, 3.8) is 0 Å². The summed E-state index contributed by atoms with van der Waals surface area (Å²) in [6.45, 7) is 4.94. The summed E-state index contributed by atoms with van der Waals surface area (Å²) < 4.78 is 10.6. The molecule has 0 spiro atoms. The third-order valence-electron chi connectivity index (χ3n) is 4.36. The lowest BCUT2D eigenvalue weighted by Crippen LogP contribution is -2.28. The third kappa shape index (κ3) is 4.75. The van der Waals surface area contributed by atoms with Gasteiger partial charge in [0.05, 0.1) is 0 Å². The summed E-state index contributed by atoms with van der Waals surface area (Å²) in [5.74, 6) is 3.71. The van der Waals surface area contributed by atoms with Crippen LogP contribution in [0.4, 0.5) is 17.5 Å². The van der Waals surface area contributed by atoms with Crippen molar-refractivity contribution in [2.45, 2.75) is 13.8 Å². The van der Waals surface area contributed by atoms with Gasteiger partial charge >= 0.3 is 0 Å². The molecular weight excluding hydrogens is 384 g/mol. The second-order valence-corrected chi connectivity index (χ2v) is 6.78. The lowest BCUT2D eigenvalue weighted by Gasteiger charge is -2.11. The first kappa shape index (κ1) is 19.4. The van der Waals surface area contributed by atoms with Crippen LogP contribution >= 0.6 is 0 Å². The Morgan fingerprint density at radius 1 is 0.967 bits per heavy atom. The molecule has 4 rings (SSSR count). The Bertz CT molecular complexity index is 1070. The molecule has 0 saturated carbocycles. The minimum absolute atomic E-state index is 0.179. The van der Waals surface area contributed by atoms with Gasteiger partial charge < -0.3 is 25.4 Å². The van der Waals surface area contributed by atoms with E-state index in [1.54, 1.807) is 30.5 Å². The van der Waals surface area contributed by atoms with Gasteiger partial charge in [-0.3, -0.25) is 4.79 Å². The van der Waals surface area contributed by atoms with Gasteiger partial charge in [-0.1, -0.05) is 0 Å². The SMILES string of the molecule is Cc1ccnc(Nc2cc(NCCNC(=O)c3ccc4c(c3)OCO4)nc(C)n2)c1. The maximum atomic E-state index is 12.3. The number of rotatable bonds is 7. The van der Waals surface area contributed by atoms with Crippen LogP contribution in [-0.4, -0.2) is 40.7 Å². The van der Waals surface area contributed by atoms with Gasteiger partial charge in [0.25, 0.3) is 5.91 Å². The van der Waals surface area contributed by atoms with Gasteiger partial charge in [-0.2, -0.15) is 0 Å². The number of nitrogens with zero attached hydrogens (tertiary/aromatic N) is 3. The van der Waals surface area contributed by atoms with Gasteiger partial charge in [0.15, 0.2) is 11.5 Å². The molecule has 9 heteroatoms. The molecule has 2 aromatic heterocycles. The van der Waals surface area contributed by atoms with Crippen molar-refractivity contribution in [3.8, 4) is 11.5 Å². The van der Waals surface area contributed by atoms with Crippen molar-refractivity contribution in [1.82, 2.24) is 20.3 Å². The highest BCUT2D eigenvalue weighted by Crippen LogP contribution is 2.32. The molecule has 3 heterocycles. The average molecular weight is 406 g/mol. The molecule has 0 unspecified atom stereocenters. The molecule has 0 bridgehead atoms. The molecule has 30 heavy (non-hydrogen) atoms. The van der Waals surface area contributed by atoms with Crippen molar-refractivity contribution in [1.29, 1.82) is 0 Å². The van der Waals surface area contributed by atoms with Crippen LogP contribution in [0.5, 0.6) is 11.5 Å². The van der Waals surface area contributed by atoms with E-state index in [1.165, 1.54) is 0 Å². The van der Waals surface area contributed by atoms with Gasteiger partial charge in [0.1, 0.15) is 23.3 Å². The second-order valence-electron chi connectivity index (χ2n) is 6.78. The van der Waals surface area contributed by atoms with E-state index in [1.807, 2.05) is 26.0 Å². The van der Waals surface area contributed by atoms with Crippen molar-refractivity contribution < 1.29 is 14.3 Å². The van der Waals surface area contributed by atoms with Crippen LogP contribution in [0.15, 0.2) is 42.6 Å². The Balaban J connectivity index is 1.30. The lowest BCUT2D eigenvalue weighted by molar-refractivity contribution is 0.0954. The van der Waals surface area contributed by atoms with E-state index in [4.69, 9.17) is 9.47 Å². The van der Waals surface area contributed by atoms with Gasteiger partial charge in [-0.05, 0) is 49.7 Å². The predicted molar refractivity (Wildman–Crippen MR) is 112 cm³/mol. The molecule has 1 aromatic carbocycles. The Morgan fingerprint density at radius 3 is 2.67 bits per heavy atom. The average Bonchev–Trinajstić information content (AvgIpc) is 3.18. The van der Waals surface area contributed by atoms with E-state index in [-0.39, 0.29) is 12.7 Å². The molecule has 0 atom stereocenters. The summed E-state index contributed by atoms with van der Waals surface area (Å²) in [6, 6.07) is 10.8. The normalized spacial score (nSPS) is 11.8. The standard InChI is InChI=1S/C21H22N6O3/c1-13-5-6-22-18(9-13)27-20-11-19(25-14(2)26-20)23-7-8-24-21(28)15-3-4-16-17(10-15)30-12-29-16/h3-6,9-11H,7-8,12H2,1-2H3,(H,24,28)(H2,22,23,25,26,27). The summed E-state index contributed by atoms with van der Waals surface area (Å²) in [5, 5.41) is 9.25. The van der Waals surface area contributed by atoms with Gasteiger partial charge in [0.2, 0.25) is 6.79 Å². The number of aromatic nitrogens is 3. The van der Waals surface area contributed by atoms with Crippen molar-refractivity contribution in [3.05, 3.63) is 59.5 Å².